The molecule has 0 spiro atoms. The first-order chi connectivity index (χ1) is 10.2. The predicted octanol–water partition coefficient (Wildman–Crippen LogP) is 3.66. The van der Waals surface area contributed by atoms with Crippen LogP contribution in [0.25, 0.3) is 11.4 Å². The lowest BCUT2D eigenvalue weighted by Crippen LogP contribution is -2.09. The number of halogens is 2. The van der Waals surface area contributed by atoms with Crippen molar-refractivity contribution in [1.82, 2.24) is 14.8 Å². The molecule has 3 rings (SSSR count). The van der Waals surface area contributed by atoms with Crippen LogP contribution in [0.3, 0.4) is 0 Å². The van der Waals surface area contributed by atoms with Gasteiger partial charge in [-0.2, -0.15) is 8.78 Å². The molecule has 112 valence electrons. The first-order valence-corrected chi connectivity index (χ1v) is 7.21. The first-order valence-electron chi connectivity index (χ1n) is 7.21. The van der Waals surface area contributed by atoms with Crippen LogP contribution in [-0.2, 0) is 13.0 Å². The smallest absolute Gasteiger partial charge is 0.387 e. The van der Waals surface area contributed by atoms with E-state index in [1.807, 2.05) is 6.07 Å². The molecule has 0 bridgehead atoms. The largest absolute Gasteiger partial charge is 0.435 e. The first kappa shape index (κ1) is 14.0. The Kier molecular flexibility index (Phi) is 4.13. The molecule has 0 amide bonds. The Bertz CT molecular complexity index is 613. The van der Waals surface area contributed by atoms with Crippen LogP contribution in [0.1, 0.15) is 31.5 Å². The van der Waals surface area contributed by atoms with E-state index < -0.39 is 6.61 Å². The molecule has 1 aliphatic rings. The van der Waals surface area contributed by atoms with Crippen molar-refractivity contribution >= 4 is 0 Å². The number of hydrogen-bond donors (Lipinski definition) is 0. The van der Waals surface area contributed by atoms with Crippen LogP contribution in [0.2, 0.25) is 0 Å². The fourth-order valence-corrected chi connectivity index (χ4v) is 2.69. The normalized spacial score (nSPS) is 15.4. The molecular formula is C15H17F2N3O. The van der Waals surface area contributed by atoms with Crippen LogP contribution in [0.4, 0.5) is 8.78 Å². The Labute approximate surface area is 121 Å². The topological polar surface area (TPSA) is 39.9 Å². The molecule has 2 aromatic rings. The highest BCUT2D eigenvalue weighted by Gasteiger charge is 2.16. The van der Waals surface area contributed by atoms with Crippen LogP contribution in [0, 0.1) is 0 Å². The Morgan fingerprint density at radius 1 is 1.10 bits per heavy atom. The molecule has 6 heteroatoms. The number of fused-ring (bicyclic) bond motifs is 1. The summed E-state index contributed by atoms with van der Waals surface area (Å²) in [6, 6.07) is 6.63. The van der Waals surface area contributed by atoms with Crippen molar-refractivity contribution in [2.45, 2.75) is 45.3 Å². The van der Waals surface area contributed by atoms with Crippen LogP contribution < -0.4 is 4.74 Å². The van der Waals surface area contributed by atoms with Crippen molar-refractivity contribution in [3.63, 3.8) is 0 Å². The molecule has 0 saturated heterocycles. The summed E-state index contributed by atoms with van der Waals surface area (Å²) in [5.41, 5.74) is 0.757. The summed E-state index contributed by atoms with van der Waals surface area (Å²) in [5, 5.41) is 8.49. The number of ether oxygens (including phenoxy) is 1. The van der Waals surface area contributed by atoms with E-state index in [9.17, 15) is 8.78 Å². The molecule has 4 nitrogen and oxygen atoms in total. The molecule has 0 N–H and O–H groups in total. The predicted molar refractivity (Wildman–Crippen MR) is 74.3 cm³/mol. The van der Waals surface area contributed by atoms with Gasteiger partial charge >= 0.3 is 6.61 Å². The average Bonchev–Trinajstić information content (AvgIpc) is 2.80. The summed E-state index contributed by atoms with van der Waals surface area (Å²) in [6.07, 6.45) is 5.55. The third kappa shape index (κ3) is 3.20. The highest BCUT2D eigenvalue weighted by atomic mass is 19.3. The van der Waals surface area contributed by atoms with Gasteiger partial charge in [0, 0.05) is 18.5 Å². The maximum atomic E-state index is 12.3. The molecule has 0 saturated carbocycles. The SMILES string of the molecule is FC(F)Oc1cccc(-c2nnc3n2CCCCCC3)c1. The van der Waals surface area contributed by atoms with Gasteiger partial charge in [0.25, 0.3) is 0 Å². The fraction of sp³-hybridized carbons (Fsp3) is 0.467. The number of benzene rings is 1. The van der Waals surface area contributed by atoms with Crippen molar-refractivity contribution in [1.29, 1.82) is 0 Å². The minimum atomic E-state index is -2.82. The number of alkyl halides is 2. The zero-order chi connectivity index (χ0) is 14.7. The molecule has 0 aliphatic carbocycles. The third-order valence-electron chi connectivity index (χ3n) is 3.68. The van der Waals surface area contributed by atoms with Crippen molar-refractivity contribution < 1.29 is 13.5 Å². The molecular weight excluding hydrogens is 276 g/mol. The number of aryl methyl sites for hydroxylation is 1. The van der Waals surface area contributed by atoms with Crippen molar-refractivity contribution in [2.24, 2.45) is 0 Å². The second-order valence-corrected chi connectivity index (χ2v) is 5.16. The Morgan fingerprint density at radius 3 is 2.81 bits per heavy atom. The van der Waals surface area contributed by atoms with Gasteiger partial charge in [-0.05, 0) is 25.0 Å². The number of hydrogen-bond acceptors (Lipinski definition) is 3. The van der Waals surface area contributed by atoms with E-state index >= 15 is 0 Å². The summed E-state index contributed by atoms with van der Waals surface area (Å²) in [4.78, 5) is 0. The second kappa shape index (κ2) is 6.20. The molecule has 1 aromatic carbocycles. The fourth-order valence-electron chi connectivity index (χ4n) is 2.69. The van der Waals surface area contributed by atoms with Gasteiger partial charge in [0.05, 0.1) is 0 Å². The molecule has 0 fully saturated rings. The van der Waals surface area contributed by atoms with Crippen LogP contribution in [0.15, 0.2) is 24.3 Å². The summed E-state index contributed by atoms with van der Waals surface area (Å²) in [6.45, 7) is -1.95. The Hall–Kier alpha value is -1.98. The lowest BCUT2D eigenvalue weighted by atomic mass is 10.1. The van der Waals surface area contributed by atoms with E-state index in [2.05, 4.69) is 19.5 Å². The lowest BCUT2D eigenvalue weighted by Gasteiger charge is -2.13. The highest BCUT2D eigenvalue weighted by Crippen LogP contribution is 2.26. The number of aromatic nitrogens is 3. The lowest BCUT2D eigenvalue weighted by molar-refractivity contribution is -0.0498. The van der Waals surface area contributed by atoms with E-state index in [0.717, 1.165) is 43.0 Å². The highest BCUT2D eigenvalue weighted by molar-refractivity contribution is 5.58. The van der Waals surface area contributed by atoms with Crippen molar-refractivity contribution in [3.05, 3.63) is 30.1 Å². The summed E-state index contributed by atoms with van der Waals surface area (Å²) < 4.78 is 31.2. The van der Waals surface area contributed by atoms with Crippen molar-refractivity contribution in [3.8, 4) is 17.1 Å². The summed E-state index contributed by atoms with van der Waals surface area (Å²) >= 11 is 0. The van der Waals surface area contributed by atoms with Gasteiger partial charge in [-0.25, -0.2) is 0 Å². The van der Waals surface area contributed by atoms with Gasteiger partial charge in [0.2, 0.25) is 0 Å². The van der Waals surface area contributed by atoms with Crippen LogP contribution in [-0.4, -0.2) is 21.4 Å². The molecule has 21 heavy (non-hydrogen) atoms. The van der Waals surface area contributed by atoms with Crippen LogP contribution >= 0.6 is 0 Å². The average molecular weight is 293 g/mol. The zero-order valence-corrected chi connectivity index (χ0v) is 11.6. The third-order valence-corrected chi connectivity index (χ3v) is 3.68. The van der Waals surface area contributed by atoms with Gasteiger partial charge < -0.3 is 9.30 Å². The molecule has 0 unspecified atom stereocenters. The summed E-state index contributed by atoms with van der Waals surface area (Å²) in [5.74, 6) is 1.85. The standard InChI is InChI=1S/C15H17F2N3O/c16-15(17)21-12-7-5-6-11(10-12)14-19-18-13-8-3-1-2-4-9-20(13)14/h5-7,10,15H,1-4,8-9H2. The van der Waals surface area contributed by atoms with Gasteiger partial charge in [0.1, 0.15) is 11.6 Å². The molecule has 1 aromatic heterocycles. The van der Waals surface area contributed by atoms with E-state index in [1.54, 1.807) is 12.1 Å². The van der Waals surface area contributed by atoms with Gasteiger partial charge in [0.15, 0.2) is 5.82 Å². The summed E-state index contributed by atoms with van der Waals surface area (Å²) in [7, 11) is 0. The molecule has 0 radical (unpaired) electrons. The van der Waals surface area contributed by atoms with Gasteiger partial charge in [-0.3, -0.25) is 0 Å². The zero-order valence-electron chi connectivity index (χ0n) is 11.6. The van der Waals surface area contributed by atoms with Gasteiger partial charge in [-0.1, -0.05) is 25.0 Å². The Balaban J connectivity index is 1.93. The molecule has 1 aliphatic heterocycles. The minimum absolute atomic E-state index is 0.144. The minimum Gasteiger partial charge on any atom is -0.435 e. The van der Waals surface area contributed by atoms with Crippen LogP contribution in [0.5, 0.6) is 5.75 Å². The number of nitrogens with zero attached hydrogens (tertiary/aromatic N) is 3. The van der Waals surface area contributed by atoms with E-state index in [4.69, 9.17) is 0 Å². The molecule has 2 heterocycles. The maximum Gasteiger partial charge on any atom is 0.387 e. The monoisotopic (exact) mass is 293 g/mol. The number of rotatable bonds is 3. The van der Waals surface area contributed by atoms with E-state index in [1.165, 1.54) is 18.9 Å². The maximum absolute atomic E-state index is 12.3. The van der Waals surface area contributed by atoms with Gasteiger partial charge in [-0.15, -0.1) is 10.2 Å². The quantitative estimate of drug-likeness (QED) is 0.867. The van der Waals surface area contributed by atoms with E-state index in [0.29, 0.717) is 0 Å². The van der Waals surface area contributed by atoms with E-state index in [-0.39, 0.29) is 5.75 Å². The second-order valence-electron chi connectivity index (χ2n) is 5.16. The van der Waals surface area contributed by atoms with Crippen molar-refractivity contribution in [2.75, 3.05) is 0 Å². The Morgan fingerprint density at radius 2 is 1.95 bits per heavy atom. The molecule has 0 atom stereocenters.